The van der Waals surface area contributed by atoms with Gasteiger partial charge in [0.05, 0.1) is 12.2 Å². The van der Waals surface area contributed by atoms with Crippen molar-refractivity contribution in [3.8, 4) is 6.07 Å². The van der Waals surface area contributed by atoms with E-state index in [1.807, 2.05) is 0 Å². The van der Waals surface area contributed by atoms with Gasteiger partial charge < -0.3 is 9.30 Å². The molecule has 0 aliphatic heterocycles. The first-order chi connectivity index (χ1) is 13.3. The Kier molecular flexibility index (Phi) is 6.67. The number of benzene rings is 1. The van der Waals surface area contributed by atoms with Crippen molar-refractivity contribution in [3.63, 3.8) is 0 Å². The molecule has 0 spiro atoms. The summed E-state index contributed by atoms with van der Waals surface area (Å²) in [7, 11) is 1.66. The van der Waals surface area contributed by atoms with Crippen molar-refractivity contribution < 1.29 is 18.3 Å². The molecular weight excluding hydrogens is 362 g/mol. The summed E-state index contributed by atoms with van der Waals surface area (Å²) in [4.78, 5) is 12.3. The van der Waals surface area contributed by atoms with E-state index in [2.05, 4.69) is 12.6 Å². The van der Waals surface area contributed by atoms with Gasteiger partial charge in [0.25, 0.3) is 0 Å². The summed E-state index contributed by atoms with van der Waals surface area (Å²) < 4.78 is 33.8. The first-order valence-electron chi connectivity index (χ1n) is 8.57. The number of aryl methyl sites for hydroxylation is 1. The summed E-state index contributed by atoms with van der Waals surface area (Å²) in [6, 6.07) is 5.36. The van der Waals surface area contributed by atoms with Crippen LogP contribution in [0.25, 0.3) is 11.1 Å². The fourth-order valence-electron chi connectivity index (χ4n) is 2.85. The van der Waals surface area contributed by atoms with Crippen LogP contribution >= 0.6 is 0 Å². The monoisotopic (exact) mass is 382 g/mol. The van der Waals surface area contributed by atoms with E-state index in [0.717, 1.165) is 12.1 Å². The van der Waals surface area contributed by atoms with E-state index in [0.29, 0.717) is 22.3 Å². The zero-order chi connectivity index (χ0) is 20.8. The molecule has 0 unspecified atom stereocenters. The zero-order valence-electron chi connectivity index (χ0n) is 15.9. The minimum atomic E-state index is -0.707. The number of ether oxygens (including phenoxy) is 1. The summed E-state index contributed by atoms with van der Waals surface area (Å²) in [5, 5.41) is 9.42. The number of carbonyl (C=O) groups is 1. The lowest BCUT2D eigenvalue weighted by Crippen LogP contribution is -2.11. The molecule has 2 rings (SSSR count). The fourth-order valence-corrected chi connectivity index (χ4v) is 2.85. The number of hydrogen-bond donors (Lipinski definition) is 0. The average Bonchev–Trinajstić information content (AvgIpc) is 3.00. The summed E-state index contributed by atoms with van der Waals surface area (Å²) in [6.45, 7) is 7.31. The molecule has 6 heteroatoms. The van der Waals surface area contributed by atoms with Gasteiger partial charge in [0.15, 0.2) is 0 Å². The van der Waals surface area contributed by atoms with Crippen LogP contribution in [0.3, 0.4) is 0 Å². The van der Waals surface area contributed by atoms with Crippen LogP contribution in [0.2, 0.25) is 0 Å². The molecule has 0 aliphatic carbocycles. The molecule has 28 heavy (non-hydrogen) atoms. The molecule has 0 atom stereocenters. The zero-order valence-corrected chi connectivity index (χ0v) is 15.9. The van der Waals surface area contributed by atoms with Gasteiger partial charge in [0, 0.05) is 30.4 Å². The first kappa shape index (κ1) is 20.8. The predicted molar refractivity (Wildman–Crippen MR) is 104 cm³/mol. The second kappa shape index (κ2) is 8.96. The Morgan fingerprint density at radius 3 is 2.64 bits per heavy atom. The van der Waals surface area contributed by atoms with E-state index in [1.165, 1.54) is 12.1 Å². The Morgan fingerprint density at radius 2 is 2.07 bits per heavy atom. The highest BCUT2D eigenvalue weighted by atomic mass is 19.1. The molecule has 0 saturated heterocycles. The SMILES string of the molecule is C=C/C(=C\C=C(/C)c1c(C#N)cn(C)c1C(=O)OCC)c1ccc(F)cc1F. The standard InChI is InChI=1S/C22H20F2N2O2/c1-5-15(18-10-9-17(23)11-19(18)24)8-7-14(3)20-16(12-25)13-26(4)21(20)22(27)28-6-2/h5,7-11,13H,1,6H2,2-4H3/b14-7+,15-8+. The number of esters is 1. The van der Waals surface area contributed by atoms with Crippen LogP contribution in [-0.4, -0.2) is 17.1 Å². The van der Waals surface area contributed by atoms with Crippen molar-refractivity contribution in [1.82, 2.24) is 4.57 Å². The van der Waals surface area contributed by atoms with Crippen molar-refractivity contribution in [3.05, 3.63) is 83.2 Å². The Balaban J connectivity index is 2.55. The molecule has 2 aromatic rings. The van der Waals surface area contributed by atoms with E-state index in [-0.39, 0.29) is 17.9 Å². The third-order valence-electron chi connectivity index (χ3n) is 4.14. The maximum atomic E-state index is 14.1. The molecule has 1 aromatic heterocycles. The number of rotatable bonds is 6. The Morgan fingerprint density at radius 1 is 1.36 bits per heavy atom. The molecular formula is C22H20F2N2O2. The number of nitrogens with zero attached hydrogens (tertiary/aromatic N) is 2. The normalized spacial score (nSPS) is 11.9. The van der Waals surface area contributed by atoms with Crippen LogP contribution in [0.15, 0.2) is 49.2 Å². The fraction of sp³-hybridized carbons (Fsp3) is 0.182. The van der Waals surface area contributed by atoms with Crippen molar-refractivity contribution in [2.75, 3.05) is 6.61 Å². The summed E-state index contributed by atoms with van der Waals surface area (Å²) >= 11 is 0. The summed E-state index contributed by atoms with van der Waals surface area (Å²) in [5.74, 6) is -1.91. The van der Waals surface area contributed by atoms with E-state index >= 15 is 0 Å². The number of aromatic nitrogens is 1. The summed E-state index contributed by atoms with van der Waals surface area (Å²) in [6.07, 6.45) is 6.25. The lowest BCUT2D eigenvalue weighted by Gasteiger charge is -2.08. The van der Waals surface area contributed by atoms with Crippen LogP contribution in [0.1, 0.15) is 41.0 Å². The topological polar surface area (TPSA) is 55.0 Å². The molecule has 0 amide bonds. The van der Waals surface area contributed by atoms with Crippen molar-refractivity contribution >= 4 is 17.1 Å². The van der Waals surface area contributed by atoms with Crippen LogP contribution in [0.4, 0.5) is 8.78 Å². The molecule has 4 nitrogen and oxygen atoms in total. The number of hydrogen-bond acceptors (Lipinski definition) is 3. The van der Waals surface area contributed by atoms with Crippen LogP contribution in [-0.2, 0) is 11.8 Å². The maximum Gasteiger partial charge on any atom is 0.355 e. The van der Waals surface area contributed by atoms with Gasteiger partial charge in [-0.05, 0) is 37.1 Å². The van der Waals surface area contributed by atoms with Gasteiger partial charge in [-0.2, -0.15) is 5.26 Å². The smallest absolute Gasteiger partial charge is 0.355 e. The third kappa shape index (κ3) is 4.26. The van der Waals surface area contributed by atoms with Gasteiger partial charge in [-0.15, -0.1) is 0 Å². The van der Waals surface area contributed by atoms with Gasteiger partial charge >= 0.3 is 5.97 Å². The summed E-state index contributed by atoms with van der Waals surface area (Å²) in [5.41, 5.74) is 2.27. The first-order valence-corrected chi connectivity index (χ1v) is 8.57. The molecule has 0 fully saturated rings. The van der Waals surface area contributed by atoms with E-state index < -0.39 is 17.6 Å². The number of allylic oxidation sites excluding steroid dienone is 5. The predicted octanol–water partition coefficient (Wildman–Crippen LogP) is 5.02. The third-order valence-corrected chi connectivity index (χ3v) is 4.14. The number of nitriles is 1. The Hall–Kier alpha value is -3.46. The van der Waals surface area contributed by atoms with Crippen molar-refractivity contribution in [2.24, 2.45) is 7.05 Å². The van der Waals surface area contributed by atoms with E-state index in [4.69, 9.17) is 4.74 Å². The highest BCUT2D eigenvalue weighted by Crippen LogP contribution is 2.27. The molecule has 0 saturated carbocycles. The molecule has 1 heterocycles. The van der Waals surface area contributed by atoms with Crippen molar-refractivity contribution in [1.29, 1.82) is 5.26 Å². The van der Waals surface area contributed by atoms with E-state index in [1.54, 1.807) is 43.8 Å². The largest absolute Gasteiger partial charge is 0.461 e. The van der Waals surface area contributed by atoms with Crippen LogP contribution in [0, 0.1) is 23.0 Å². The van der Waals surface area contributed by atoms with Gasteiger partial charge in [-0.1, -0.05) is 24.8 Å². The average molecular weight is 382 g/mol. The highest BCUT2D eigenvalue weighted by molar-refractivity contribution is 5.96. The van der Waals surface area contributed by atoms with Gasteiger partial charge in [-0.3, -0.25) is 0 Å². The van der Waals surface area contributed by atoms with Gasteiger partial charge in [0.1, 0.15) is 23.4 Å². The number of carbonyl (C=O) groups excluding carboxylic acids is 1. The second-order valence-electron chi connectivity index (χ2n) is 6.01. The Bertz CT molecular complexity index is 1020. The van der Waals surface area contributed by atoms with Crippen LogP contribution < -0.4 is 0 Å². The molecule has 0 N–H and O–H groups in total. The lowest BCUT2D eigenvalue weighted by molar-refractivity contribution is 0.0515. The highest BCUT2D eigenvalue weighted by Gasteiger charge is 2.22. The lowest BCUT2D eigenvalue weighted by atomic mass is 10.0. The molecule has 0 bridgehead atoms. The minimum Gasteiger partial charge on any atom is -0.461 e. The van der Waals surface area contributed by atoms with E-state index in [9.17, 15) is 18.8 Å². The van der Waals surface area contributed by atoms with Gasteiger partial charge in [0.2, 0.25) is 0 Å². The minimum absolute atomic E-state index is 0.194. The molecule has 1 aromatic carbocycles. The van der Waals surface area contributed by atoms with Crippen LogP contribution in [0.5, 0.6) is 0 Å². The maximum absolute atomic E-state index is 14.1. The quantitative estimate of drug-likeness (QED) is 0.520. The van der Waals surface area contributed by atoms with Crippen molar-refractivity contribution in [2.45, 2.75) is 13.8 Å². The Labute approximate surface area is 162 Å². The molecule has 0 radical (unpaired) electrons. The van der Waals surface area contributed by atoms with Gasteiger partial charge in [-0.25, -0.2) is 13.6 Å². The number of halogens is 2. The molecule has 0 aliphatic rings. The molecule has 144 valence electrons. The second-order valence-corrected chi connectivity index (χ2v) is 6.01.